The fourth-order valence-electron chi connectivity index (χ4n) is 3.64. The van der Waals surface area contributed by atoms with Gasteiger partial charge in [-0.1, -0.05) is 13.8 Å². The Hall–Kier alpha value is 0. The van der Waals surface area contributed by atoms with E-state index in [1.54, 1.807) is 25.7 Å². The molecule has 3 rings (SSSR count). The van der Waals surface area contributed by atoms with E-state index in [4.69, 9.17) is 0 Å². The summed E-state index contributed by atoms with van der Waals surface area (Å²) in [6.45, 7) is 5.07. The first-order valence-electron chi connectivity index (χ1n) is 5.22. The highest BCUT2D eigenvalue weighted by Gasteiger charge is 2.60. The van der Waals surface area contributed by atoms with Crippen LogP contribution in [-0.4, -0.2) is 0 Å². The third-order valence-electron chi connectivity index (χ3n) is 4.87. The van der Waals surface area contributed by atoms with Crippen LogP contribution in [0.5, 0.6) is 0 Å². The van der Waals surface area contributed by atoms with E-state index in [0.717, 1.165) is 29.1 Å². The number of hydrogen-bond donors (Lipinski definition) is 0. The van der Waals surface area contributed by atoms with Gasteiger partial charge in [0.1, 0.15) is 0 Å². The summed E-state index contributed by atoms with van der Waals surface area (Å²) >= 11 is 0. The van der Waals surface area contributed by atoms with E-state index in [-0.39, 0.29) is 0 Å². The molecule has 0 amide bonds. The lowest BCUT2D eigenvalue weighted by molar-refractivity contribution is 0.171. The zero-order chi connectivity index (χ0) is 7.64. The van der Waals surface area contributed by atoms with Crippen LogP contribution in [0.2, 0.25) is 0 Å². The van der Waals surface area contributed by atoms with Gasteiger partial charge in [0.2, 0.25) is 0 Å². The lowest BCUT2D eigenvalue weighted by atomic mass is 9.73. The van der Waals surface area contributed by atoms with Gasteiger partial charge in [-0.25, -0.2) is 0 Å². The first-order valence-corrected chi connectivity index (χ1v) is 5.22. The highest BCUT2D eigenvalue weighted by molar-refractivity contribution is 5.10. The molecule has 0 heteroatoms. The minimum Gasteiger partial charge on any atom is -0.0617 e. The van der Waals surface area contributed by atoms with Crippen LogP contribution in [-0.2, 0) is 0 Å². The van der Waals surface area contributed by atoms with Crippen molar-refractivity contribution in [2.45, 2.75) is 39.5 Å². The van der Waals surface area contributed by atoms with Gasteiger partial charge < -0.3 is 0 Å². The van der Waals surface area contributed by atoms with E-state index in [0.29, 0.717) is 0 Å². The van der Waals surface area contributed by atoms with Crippen molar-refractivity contribution in [1.29, 1.82) is 0 Å². The molecule has 0 aromatic carbocycles. The summed E-state index contributed by atoms with van der Waals surface area (Å²) in [5, 5.41) is 0. The van der Waals surface area contributed by atoms with Gasteiger partial charge in [0.25, 0.3) is 0 Å². The van der Waals surface area contributed by atoms with Gasteiger partial charge in [-0.05, 0) is 54.8 Å². The summed E-state index contributed by atoms with van der Waals surface area (Å²) in [5.41, 5.74) is 0.785. The topological polar surface area (TPSA) is 0 Å². The van der Waals surface area contributed by atoms with Crippen molar-refractivity contribution in [2.24, 2.45) is 29.1 Å². The van der Waals surface area contributed by atoms with Crippen molar-refractivity contribution in [1.82, 2.24) is 0 Å². The van der Waals surface area contributed by atoms with Crippen molar-refractivity contribution in [3.05, 3.63) is 0 Å². The van der Waals surface area contributed by atoms with E-state index in [1.807, 2.05) is 0 Å². The Morgan fingerprint density at radius 2 is 2.00 bits per heavy atom. The molecule has 0 spiro atoms. The van der Waals surface area contributed by atoms with Gasteiger partial charge in [0, 0.05) is 0 Å². The molecule has 11 heavy (non-hydrogen) atoms. The fraction of sp³-hybridized carbons (Fsp3) is 1.00. The van der Waals surface area contributed by atoms with Crippen LogP contribution >= 0.6 is 0 Å². The number of hydrogen-bond acceptors (Lipinski definition) is 0. The molecule has 0 nitrogen and oxygen atoms in total. The van der Waals surface area contributed by atoms with Crippen molar-refractivity contribution in [3.8, 4) is 0 Å². The minimum atomic E-state index is 0.785. The Balaban J connectivity index is 1.86. The first-order chi connectivity index (χ1) is 5.22. The van der Waals surface area contributed by atoms with Gasteiger partial charge in [-0.3, -0.25) is 0 Å². The van der Waals surface area contributed by atoms with Crippen LogP contribution in [0.3, 0.4) is 0 Å². The SMILES string of the molecule is CC1C2CC2CC1(C)C1CC1. The number of rotatable bonds is 1. The molecule has 3 aliphatic rings. The summed E-state index contributed by atoms with van der Waals surface area (Å²) in [4.78, 5) is 0. The Kier molecular flexibility index (Phi) is 0.990. The average Bonchev–Trinajstić information content (AvgIpc) is 2.81. The van der Waals surface area contributed by atoms with E-state index >= 15 is 0 Å². The van der Waals surface area contributed by atoms with Crippen molar-refractivity contribution in [3.63, 3.8) is 0 Å². The molecule has 4 atom stereocenters. The van der Waals surface area contributed by atoms with Gasteiger partial charge in [-0.2, -0.15) is 0 Å². The van der Waals surface area contributed by atoms with E-state index in [2.05, 4.69) is 13.8 Å². The normalized spacial score (nSPS) is 61.1. The average molecular weight is 150 g/mol. The lowest BCUT2D eigenvalue weighted by Gasteiger charge is -2.32. The minimum absolute atomic E-state index is 0.785. The lowest BCUT2D eigenvalue weighted by Crippen LogP contribution is -2.24. The second-order valence-electron chi connectivity index (χ2n) is 5.43. The predicted molar refractivity (Wildman–Crippen MR) is 46.2 cm³/mol. The standard InChI is InChI=1S/C11H18/c1-7-10-5-8(10)6-11(7,2)9-3-4-9/h7-10H,3-6H2,1-2H3. The Morgan fingerprint density at radius 3 is 2.45 bits per heavy atom. The van der Waals surface area contributed by atoms with E-state index < -0.39 is 0 Å². The molecule has 0 aliphatic heterocycles. The van der Waals surface area contributed by atoms with E-state index in [1.165, 1.54) is 0 Å². The maximum Gasteiger partial charge on any atom is -0.0266 e. The molecule has 0 radical (unpaired) electrons. The number of fused-ring (bicyclic) bond motifs is 1. The molecule has 0 saturated heterocycles. The first kappa shape index (κ1) is 6.51. The van der Waals surface area contributed by atoms with Crippen LogP contribution in [0, 0.1) is 29.1 Å². The van der Waals surface area contributed by atoms with Gasteiger partial charge in [0.15, 0.2) is 0 Å². The second-order valence-corrected chi connectivity index (χ2v) is 5.43. The zero-order valence-electron chi connectivity index (χ0n) is 7.64. The Bertz CT molecular complexity index is 192. The van der Waals surface area contributed by atoms with Crippen LogP contribution in [0.1, 0.15) is 39.5 Å². The molecule has 0 aromatic heterocycles. The molecule has 4 unspecified atom stereocenters. The van der Waals surface area contributed by atoms with Crippen molar-refractivity contribution < 1.29 is 0 Å². The largest absolute Gasteiger partial charge is 0.0617 e. The molecule has 0 aromatic rings. The molecule has 3 saturated carbocycles. The Morgan fingerprint density at radius 1 is 1.27 bits per heavy atom. The molecule has 0 bridgehead atoms. The highest BCUT2D eigenvalue weighted by Crippen LogP contribution is 2.69. The molecule has 62 valence electrons. The summed E-state index contributed by atoms with van der Waals surface area (Å²) < 4.78 is 0. The maximum atomic E-state index is 2.56. The van der Waals surface area contributed by atoms with Crippen LogP contribution in [0.15, 0.2) is 0 Å². The monoisotopic (exact) mass is 150 g/mol. The molecule has 3 fully saturated rings. The third-order valence-corrected chi connectivity index (χ3v) is 4.87. The maximum absolute atomic E-state index is 2.56. The van der Waals surface area contributed by atoms with Gasteiger partial charge in [-0.15, -0.1) is 0 Å². The van der Waals surface area contributed by atoms with Gasteiger partial charge >= 0.3 is 0 Å². The molecule has 0 heterocycles. The van der Waals surface area contributed by atoms with Crippen molar-refractivity contribution in [2.75, 3.05) is 0 Å². The summed E-state index contributed by atoms with van der Waals surface area (Å²) in [6, 6.07) is 0. The van der Waals surface area contributed by atoms with Crippen LogP contribution in [0.25, 0.3) is 0 Å². The zero-order valence-corrected chi connectivity index (χ0v) is 7.64. The summed E-state index contributed by atoms with van der Waals surface area (Å²) in [6.07, 6.45) is 6.23. The quantitative estimate of drug-likeness (QED) is 0.539. The predicted octanol–water partition coefficient (Wildman–Crippen LogP) is 3.08. The van der Waals surface area contributed by atoms with Crippen molar-refractivity contribution >= 4 is 0 Å². The highest BCUT2D eigenvalue weighted by atomic mass is 14.7. The summed E-state index contributed by atoms with van der Waals surface area (Å²) in [5.74, 6) is 4.50. The fourth-order valence-corrected chi connectivity index (χ4v) is 3.64. The van der Waals surface area contributed by atoms with Crippen LogP contribution in [0.4, 0.5) is 0 Å². The second kappa shape index (κ2) is 1.67. The molecular formula is C11H18. The van der Waals surface area contributed by atoms with E-state index in [9.17, 15) is 0 Å². The smallest absolute Gasteiger partial charge is 0.0266 e. The third kappa shape index (κ3) is 0.711. The molecular weight excluding hydrogens is 132 g/mol. The summed E-state index contributed by atoms with van der Waals surface area (Å²) in [7, 11) is 0. The van der Waals surface area contributed by atoms with Gasteiger partial charge in [0.05, 0.1) is 0 Å². The molecule has 0 N–H and O–H groups in total. The molecule has 3 aliphatic carbocycles. The Labute approximate surface area is 69.4 Å². The van der Waals surface area contributed by atoms with Crippen LogP contribution < -0.4 is 0 Å².